The fraction of sp³-hybridized carbons (Fsp3) is 0.118. The van der Waals surface area contributed by atoms with Crippen LogP contribution in [0.4, 0.5) is 0 Å². The van der Waals surface area contributed by atoms with Gasteiger partial charge in [0.1, 0.15) is 11.3 Å². The molecule has 7 heteroatoms. The molecule has 122 valence electrons. The van der Waals surface area contributed by atoms with Gasteiger partial charge in [-0.1, -0.05) is 36.0 Å². The van der Waals surface area contributed by atoms with Crippen molar-refractivity contribution in [2.75, 3.05) is 5.75 Å². The van der Waals surface area contributed by atoms with Crippen LogP contribution in [-0.4, -0.2) is 27.5 Å². The second-order valence-electron chi connectivity index (χ2n) is 4.99. The number of fused-ring (bicyclic) bond motifs is 1. The van der Waals surface area contributed by atoms with Crippen LogP contribution in [0.1, 0.15) is 12.5 Å². The summed E-state index contributed by atoms with van der Waals surface area (Å²) in [5.74, 6) is -0.0319. The zero-order valence-corrected chi connectivity index (χ0v) is 13.7. The van der Waals surface area contributed by atoms with E-state index in [0.29, 0.717) is 22.1 Å². The number of carbonyl (C=O) groups excluding carboxylic acids is 1. The molecule has 0 aliphatic heterocycles. The van der Waals surface area contributed by atoms with Gasteiger partial charge in [-0.3, -0.25) is 4.79 Å². The third-order valence-electron chi connectivity index (χ3n) is 3.24. The molecule has 24 heavy (non-hydrogen) atoms. The third kappa shape index (κ3) is 3.75. The Bertz CT molecular complexity index is 872. The number of aromatic nitrogens is 1. The summed E-state index contributed by atoms with van der Waals surface area (Å²) >= 11 is 1.20. The third-order valence-corrected chi connectivity index (χ3v) is 4.07. The Balaban J connectivity index is 1.57. The smallest absolute Gasteiger partial charge is 0.257 e. The van der Waals surface area contributed by atoms with E-state index in [1.165, 1.54) is 11.8 Å². The van der Waals surface area contributed by atoms with E-state index >= 15 is 0 Å². The van der Waals surface area contributed by atoms with Gasteiger partial charge in [0.05, 0.1) is 11.5 Å². The first-order chi connectivity index (χ1) is 11.6. The van der Waals surface area contributed by atoms with E-state index in [9.17, 15) is 9.90 Å². The summed E-state index contributed by atoms with van der Waals surface area (Å²) in [6.07, 6.45) is 0. The van der Waals surface area contributed by atoms with E-state index in [2.05, 4.69) is 15.5 Å². The van der Waals surface area contributed by atoms with Crippen molar-refractivity contribution in [1.29, 1.82) is 0 Å². The van der Waals surface area contributed by atoms with Crippen LogP contribution in [-0.2, 0) is 4.79 Å². The van der Waals surface area contributed by atoms with Gasteiger partial charge in [-0.2, -0.15) is 5.10 Å². The lowest BCUT2D eigenvalue weighted by Crippen LogP contribution is -2.21. The summed E-state index contributed by atoms with van der Waals surface area (Å²) < 4.78 is 5.53. The summed E-state index contributed by atoms with van der Waals surface area (Å²) in [7, 11) is 0. The molecule has 6 nitrogen and oxygen atoms in total. The number of para-hydroxylation sites is 3. The summed E-state index contributed by atoms with van der Waals surface area (Å²) in [5.41, 5.74) is 5.00. The van der Waals surface area contributed by atoms with Crippen LogP contribution in [0.15, 0.2) is 63.3 Å². The first kappa shape index (κ1) is 16.1. The van der Waals surface area contributed by atoms with Gasteiger partial charge in [0.2, 0.25) is 0 Å². The number of hydrogen-bond donors (Lipinski definition) is 2. The normalized spacial score (nSPS) is 11.6. The Kier molecular flexibility index (Phi) is 4.81. The van der Waals surface area contributed by atoms with Crippen molar-refractivity contribution < 1.29 is 14.3 Å². The first-order valence-electron chi connectivity index (χ1n) is 7.23. The van der Waals surface area contributed by atoms with E-state index in [-0.39, 0.29) is 17.4 Å². The lowest BCUT2D eigenvalue weighted by atomic mass is 10.1. The Morgan fingerprint density at radius 2 is 2.00 bits per heavy atom. The molecular formula is C17H15N3O3S. The molecule has 0 bridgehead atoms. The van der Waals surface area contributed by atoms with Gasteiger partial charge >= 0.3 is 0 Å². The molecule has 0 atom stereocenters. The second kappa shape index (κ2) is 7.18. The molecule has 3 aromatic rings. The number of thioether (sulfide) groups is 1. The summed E-state index contributed by atoms with van der Waals surface area (Å²) in [5, 5.41) is 14.2. The van der Waals surface area contributed by atoms with Crippen LogP contribution >= 0.6 is 11.8 Å². The Labute approximate surface area is 142 Å². The molecule has 1 heterocycles. The minimum absolute atomic E-state index is 0.119. The van der Waals surface area contributed by atoms with E-state index < -0.39 is 0 Å². The van der Waals surface area contributed by atoms with Crippen LogP contribution in [0.25, 0.3) is 11.1 Å². The van der Waals surface area contributed by atoms with E-state index in [1.54, 1.807) is 31.2 Å². The lowest BCUT2D eigenvalue weighted by molar-refractivity contribution is -0.118. The fourth-order valence-corrected chi connectivity index (χ4v) is 2.69. The van der Waals surface area contributed by atoms with Crippen LogP contribution < -0.4 is 5.43 Å². The molecule has 1 amide bonds. The minimum Gasteiger partial charge on any atom is -0.507 e. The first-order valence-corrected chi connectivity index (χ1v) is 8.22. The highest BCUT2D eigenvalue weighted by molar-refractivity contribution is 7.99. The molecule has 3 rings (SSSR count). The van der Waals surface area contributed by atoms with Crippen molar-refractivity contribution in [2.45, 2.75) is 12.1 Å². The van der Waals surface area contributed by atoms with E-state index in [0.717, 1.165) is 5.52 Å². The topological polar surface area (TPSA) is 87.7 Å². The summed E-state index contributed by atoms with van der Waals surface area (Å²) in [6.45, 7) is 1.71. The van der Waals surface area contributed by atoms with Gasteiger partial charge in [-0.25, -0.2) is 10.4 Å². The number of oxazole rings is 1. The number of phenolic OH excluding ortho intramolecular Hbond substituents is 1. The van der Waals surface area contributed by atoms with Gasteiger partial charge in [-0.05, 0) is 31.2 Å². The Morgan fingerprint density at radius 3 is 2.79 bits per heavy atom. The number of nitrogens with zero attached hydrogens (tertiary/aromatic N) is 2. The summed E-state index contributed by atoms with van der Waals surface area (Å²) in [4.78, 5) is 16.2. The molecule has 2 N–H and O–H groups in total. The van der Waals surface area contributed by atoms with Crippen molar-refractivity contribution in [3.63, 3.8) is 0 Å². The zero-order valence-electron chi connectivity index (χ0n) is 12.9. The van der Waals surface area contributed by atoms with Gasteiger partial charge in [-0.15, -0.1) is 0 Å². The number of aromatic hydroxyl groups is 1. The summed E-state index contributed by atoms with van der Waals surface area (Å²) in [6, 6.07) is 14.2. The minimum atomic E-state index is -0.281. The Hall–Kier alpha value is -2.80. The van der Waals surface area contributed by atoms with E-state index in [1.807, 2.05) is 24.3 Å². The molecule has 0 saturated heterocycles. The number of nitrogens with one attached hydrogen (secondary N) is 1. The molecule has 0 aliphatic rings. The number of amides is 1. The monoisotopic (exact) mass is 341 g/mol. The number of hydrazone groups is 1. The average molecular weight is 341 g/mol. The molecule has 0 unspecified atom stereocenters. The predicted molar refractivity (Wildman–Crippen MR) is 93.2 cm³/mol. The molecule has 0 saturated carbocycles. The number of rotatable bonds is 5. The van der Waals surface area contributed by atoms with Crippen molar-refractivity contribution >= 4 is 34.5 Å². The predicted octanol–water partition coefficient (Wildman–Crippen LogP) is 3.17. The molecule has 0 fully saturated rings. The van der Waals surface area contributed by atoms with E-state index in [4.69, 9.17) is 4.42 Å². The zero-order chi connectivity index (χ0) is 16.9. The maximum absolute atomic E-state index is 11.9. The highest BCUT2D eigenvalue weighted by atomic mass is 32.2. The van der Waals surface area contributed by atoms with Gasteiger partial charge in [0, 0.05) is 5.56 Å². The quantitative estimate of drug-likeness (QED) is 0.423. The fourth-order valence-electron chi connectivity index (χ4n) is 2.06. The SMILES string of the molecule is CC(=NNC(=O)CSc1nc2ccccc2o1)c1ccccc1O. The number of phenols is 1. The van der Waals surface area contributed by atoms with Crippen LogP contribution in [0.5, 0.6) is 5.75 Å². The Morgan fingerprint density at radius 1 is 1.25 bits per heavy atom. The molecule has 1 aromatic heterocycles. The maximum Gasteiger partial charge on any atom is 0.257 e. The van der Waals surface area contributed by atoms with Crippen molar-refractivity contribution in [1.82, 2.24) is 10.4 Å². The highest BCUT2D eigenvalue weighted by Crippen LogP contribution is 2.22. The molecule has 2 aromatic carbocycles. The van der Waals surface area contributed by atoms with Crippen LogP contribution in [0.2, 0.25) is 0 Å². The standard InChI is InChI=1S/C17H15N3O3S/c1-11(12-6-2-4-8-14(12)21)19-20-16(22)10-24-17-18-13-7-3-5-9-15(13)23-17/h2-9,21H,10H2,1H3,(H,20,22). The molecule has 0 spiro atoms. The molecule has 0 aliphatic carbocycles. The maximum atomic E-state index is 11.9. The number of hydrogen-bond acceptors (Lipinski definition) is 6. The second-order valence-corrected chi connectivity index (χ2v) is 5.91. The molecule has 0 radical (unpaired) electrons. The van der Waals surface area contributed by atoms with Crippen molar-refractivity contribution in [3.8, 4) is 5.75 Å². The highest BCUT2D eigenvalue weighted by Gasteiger charge is 2.09. The molecular weight excluding hydrogens is 326 g/mol. The number of benzene rings is 2. The van der Waals surface area contributed by atoms with Crippen LogP contribution in [0, 0.1) is 0 Å². The van der Waals surface area contributed by atoms with Gasteiger partial charge in [0.15, 0.2) is 5.58 Å². The largest absolute Gasteiger partial charge is 0.507 e. The number of carbonyl (C=O) groups is 1. The lowest BCUT2D eigenvalue weighted by Gasteiger charge is -2.04. The van der Waals surface area contributed by atoms with Crippen molar-refractivity contribution in [2.24, 2.45) is 5.10 Å². The van der Waals surface area contributed by atoms with Crippen LogP contribution in [0.3, 0.4) is 0 Å². The average Bonchev–Trinajstić information content (AvgIpc) is 3.01. The van der Waals surface area contributed by atoms with Gasteiger partial charge in [0.25, 0.3) is 11.1 Å². The van der Waals surface area contributed by atoms with Crippen molar-refractivity contribution in [3.05, 3.63) is 54.1 Å². The van der Waals surface area contributed by atoms with Gasteiger partial charge < -0.3 is 9.52 Å².